The standard InChI is InChI=1S/C23H23F3N4O2/c1-30(16-6-3-2-4-7-16)22(32)14-10-12-15(13-11-14)28-29-20-17-8-5-9-18(23(24,25)26)19(17)27-21(20)31/h5,8-13,16,20H,2-4,6-7H2,1H3,(H,27,31)/t20-/m1/s1. The van der Waals surface area contributed by atoms with E-state index < -0.39 is 23.7 Å². The summed E-state index contributed by atoms with van der Waals surface area (Å²) >= 11 is 0. The normalized spacial score (nSPS) is 19.1. The molecule has 0 saturated heterocycles. The first-order chi connectivity index (χ1) is 15.3. The lowest BCUT2D eigenvalue weighted by atomic mass is 9.94. The summed E-state index contributed by atoms with van der Waals surface area (Å²) in [6, 6.07) is 9.16. The predicted molar refractivity (Wildman–Crippen MR) is 113 cm³/mol. The molecule has 0 spiro atoms. The molecule has 9 heteroatoms. The zero-order valence-electron chi connectivity index (χ0n) is 17.5. The lowest BCUT2D eigenvalue weighted by Gasteiger charge is -2.31. The largest absolute Gasteiger partial charge is 0.418 e. The predicted octanol–water partition coefficient (Wildman–Crippen LogP) is 5.89. The third kappa shape index (κ3) is 4.37. The zero-order chi connectivity index (χ0) is 22.9. The number of anilines is 1. The van der Waals surface area contributed by atoms with E-state index in [1.54, 1.807) is 29.2 Å². The van der Waals surface area contributed by atoms with Crippen LogP contribution in [0, 0.1) is 0 Å². The number of amides is 2. The Bertz CT molecular complexity index is 1040. The van der Waals surface area contributed by atoms with Crippen LogP contribution in [-0.2, 0) is 11.0 Å². The molecule has 2 amide bonds. The monoisotopic (exact) mass is 444 g/mol. The second-order valence-electron chi connectivity index (χ2n) is 8.13. The quantitative estimate of drug-likeness (QED) is 0.598. The molecule has 0 bridgehead atoms. The molecule has 0 unspecified atom stereocenters. The first kappa shape index (κ1) is 22.0. The third-order valence-electron chi connectivity index (χ3n) is 6.04. The fraction of sp³-hybridized carbons (Fsp3) is 0.391. The van der Waals surface area contributed by atoms with Crippen LogP contribution in [0.25, 0.3) is 0 Å². The van der Waals surface area contributed by atoms with Crippen LogP contribution in [0.5, 0.6) is 0 Å². The molecule has 1 heterocycles. The topological polar surface area (TPSA) is 74.1 Å². The number of nitrogens with one attached hydrogen (secondary N) is 1. The molecule has 4 rings (SSSR count). The van der Waals surface area contributed by atoms with E-state index in [2.05, 4.69) is 15.5 Å². The number of alkyl halides is 3. The van der Waals surface area contributed by atoms with Crippen molar-refractivity contribution in [3.63, 3.8) is 0 Å². The van der Waals surface area contributed by atoms with E-state index in [9.17, 15) is 22.8 Å². The van der Waals surface area contributed by atoms with E-state index in [1.165, 1.54) is 18.6 Å². The molecule has 0 aromatic heterocycles. The summed E-state index contributed by atoms with van der Waals surface area (Å²) in [7, 11) is 1.82. The number of azo groups is 1. The Morgan fingerprint density at radius 3 is 2.41 bits per heavy atom. The van der Waals surface area contributed by atoms with E-state index in [4.69, 9.17) is 0 Å². The van der Waals surface area contributed by atoms with Crippen LogP contribution in [0.4, 0.5) is 24.5 Å². The van der Waals surface area contributed by atoms with Crippen molar-refractivity contribution in [1.29, 1.82) is 0 Å². The van der Waals surface area contributed by atoms with Gasteiger partial charge in [0.15, 0.2) is 6.04 Å². The van der Waals surface area contributed by atoms with Crippen LogP contribution in [0.15, 0.2) is 52.7 Å². The zero-order valence-corrected chi connectivity index (χ0v) is 17.5. The van der Waals surface area contributed by atoms with Gasteiger partial charge in [-0.3, -0.25) is 9.59 Å². The Balaban J connectivity index is 1.48. The summed E-state index contributed by atoms with van der Waals surface area (Å²) in [5.74, 6) is -0.731. The summed E-state index contributed by atoms with van der Waals surface area (Å²) in [6.07, 6.45) is 0.899. The number of rotatable bonds is 4. The summed E-state index contributed by atoms with van der Waals surface area (Å²) in [6.45, 7) is 0. The van der Waals surface area contributed by atoms with Crippen LogP contribution in [-0.4, -0.2) is 29.8 Å². The van der Waals surface area contributed by atoms with Crippen LogP contribution in [0.1, 0.15) is 59.6 Å². The Hall–Kier alpha value is -3.23. The molecule has 1 aliphatic heterocycles. The fourth-order valence-electron chi connectivity index (χ4n) is 4.25. The number of fused-ring (bicyclic) bond motifs is 1. The van der Waals surface area contributed by atoms with E-state index in [0.29, 0.717) is 11.3 Å². The molecule has 1 aliphatic carbocycles. The van der Waals surface area contributed by atoms with Gasteiger partial charge in [-0.2, -0.15) is 23.4 Å². The van der Waals surface area contributed by atoms with E-state index >= 15 is 0 Å². The molecule has 1 atom stereocenters. The summed E-state index contributed by atoms with van der Waals surface area (Å²) < 4.78 is 39.6. The maximum atomic E-state index is 13.2. The number of halogens is 3. The van der Waals surface area contributed by atoms with Gasteiger partial charge < -0.3 is 10.2 Å². The number of benzene rings is 2. The summed E-state index contributed by atoms with van der Waals surface area (Å²) in [4.78, 5) is 26.7. The highest BCUT2D eigenvalue weighted by Crippen LogP contribution is 2.43. The van der Waals surface area contributed by atoms with Crippen molar-refractivity contribution in [1.82, 2.24) is 4.90 Å². The van der Waals surface area contributed by atoms with Crippen molar-refractivity contribution < 1.29 is 22.8 Å². The highest BCUT2D eigenvalue weighted by atomic mass is 19.4. The number of carbonyl (C=O) groups excluding carboxylic acids is 2. The Morgan fingerprint density at radius 2 is 1.75 bits per heavy atom. The molecule has 1 saturated carbocycles. The first-order valence-corrected chi connectivity index (χ1v) is 10.5. The number of hydrogen-bond acceptors (Lipinski definition) is 4. The number of hydrogen-bond donors (Lipinski definition) is 1. The van der Waals surface area contributed by atoms with E-state index in [1.807, 2.05) is 7.05 Å². The number of carbonyl (C=O) groups is 2. The smallest absolute Gasteiger partial charge is 0.339 e. The molecule has 1 fully saturated rings. The van der Waals surface area contributed by atoms with Gasteiger partial charge in [0.1, 0.15) is 0 Å². The average molecular weight is 444 g/mol. The Labute approximate surface area is 183 Å². The summed E-state index contributed by atoms with van der Waals surface area (Å²) in [5, 5.41) is 10.3. The van der Waals surface area contributed by atoms with Crippen molar-refractivity contribution in [3.8, 4) is 0 Å². The van der Waals surface area contributed by atoms with Crippen LogP contribution >= 0.6 is 0 Å². The van der Waals surface area contributed by atoms with Crippen molar-refractivity contribution in [3.05, 3.63) is 59.2 Å². The van der Waals surface area contributed by atoms with Gasteiger partial charge in [-0.05, 0) is 43.2 Å². The van der Waals surface area contributed by atoms with Crippen LogP contribution < -0.4 is 5.32 Å². The van der Waals surface area contributed by atoms with Gasteiger partial charge in [0.25, 0.3) is 11.8 Å². The molecular weight excluding hydrogens is 421 g/mol. The molecule has 2 aromatic carbocycles. The highest BCUT2D eigenvalue weighted by molar-refractivity contribution is 6.03. The van der Waals surface area contributed by atoms with Crippen molar-refractivity contribution in [2.75, 3.05) is 12.4 Å². The molecule has 32 heavy (non-hydrogen) atoms. The molecular formula is C23H23F3N4O2. The van der Waals surface area contributed by atoms with Gasteiger partial charge in [0, 0.05) is 24.2 Å². The molecule has 168 valence electrons. The Morgan fingerprint density at radius 1 is 1.06 bits per heavy atom. The first-order valence-electron chi connectivity index (χ1n) is 10.5. The molecule has 2 aromatic rings. The third-order valence-corrected chi connectivity index (χ3v) is 6.04. The van der Waals surface area contributed by atoms with E-state index in [-0.39, 0.29) is 23.2 Å². The van der Waals surface area contributed by atoms with Gasteiger partial charge in [-0.25, -0.2) is 0 Å². The molecule has 2 aliphatic rings. The second kappa shape index (κ2) is 8.72. The minimum atomic E-state index is -4.59. The minimum absolute atomic E-state index is 0.0656. The number of nitrogens with zero attached hydrogens (tertiary/aromatic N) is 3. The maximum Gasteiger partial charge on any atom is 0.418 e. The maximum absolute atomic E-state index is 13.2. The van der Waals surface area contributed by atoms with Gasteiger partial charge >= 0.3 is 6.18 Å². The minimum Gasteiger partial charge on any atom is -0.339 e. The van der Waals surface area contributed by atoms with E-state index in [0.717, 1.165) is 31.7 Å². The van der Waals surface area contributed by atoms with Gasteiger partial charge in [-0.15, -0.1) is 0 Å². The lowest BCUT2D eigenvalue weighted by molar-refractivity contribution is -0.136. The average Bonchev–Trinajstić information content (AvgIpc) is 3.11. The van der Waals surface area contributed by atoms with Crippen molar-refractivity contribution in [2.45, 2.75) is 50.4 Å². The SMILES string of the molecule is CN(C(=O)c1ccc(N=N[C@H]2C(=O)Nc3c2cccc3C(F)(F)F)cc1)C1CCCCC1. The number of para-hydroxylation sites is 1. The van der Waals surface area contributed by atoms with Gasteiger partial charge in [0.2, 0.25) is 0 Å². The highest BCUT2D eigenvalue weighted by Gasteiger charge is 2.40. The second-order valence-corrected chi connectivity index (χ2v) is 8.13. The van der Waals surface area contributed by atoms with Crippen molar-refractivity contribution >= 4 is 23.2 Å². The molecule has 6 nitrogen and oxygen atoms in total. The summed E-state index contributed by atoms with van der Waals surface area (Å²) in [5.41, 5.74) is -0.132. The Kier molecular flexibility index (Phi) is 5.99. The fourth-order valence-corrected chi connectivity index (χ4v) is 4.25. The van der Waals surface area contributed by atoms with Gasteiger partial charge in [-0.1, -0.05) is 31.4 Å². The molecule has 1 N–H and O–H groups in total. The lowest BCUT2D eigenvalue weighted by Crippen LogP contribution is -2.38. The van der Waals surface area contributed by atoms with Crippen LogP contribution in [0.3, 0.4) is 0 Å². The van der Waals surface area contributed by atoms with Crippen LogP contribution in [0.2, 0.25) is 0 Å². The van der Waals surface area contributed by atoms with Gasteiger partial charge in [0.05, 0.1) is 16.9 Å². The van der Waals surface area contributed by atoms with Crippen molar-refractivity contribution in [2.24, 2.45) is 10.2 Å². The molecule has 0 radical (unpaired) electrons.